The van der Waals surface area contributed by atoms with Crippen LogP contribution in [-0.2, 0) is 14.3 Å². The lowest BCUT2D eigenvalue weighted by molar-refractivity contribution is -0.140. The first-order valence-electron chi connectivity index (χ1n) is 3.17. The highest BCUT2D eigenvalue weighted by molar-refractivity contribution is 5.87. The molecular formula is C7H11NO3. The van der Waals surface area contributed by atoms with E-state index in [2.05, 4.69) is 16.6 Å². The molecule has 0 atom stereocenters. The summed E-state index contributed by atoms with van der Waals surface area (Å²) in [6.45, 7) is 3.54. The third kappa shape index (κ3) is 5.14. The summed E-state index contributed by atoms with van der Waals surface area (Å²) in [7, 11) is 1.30. The van der Waals surface area contributed by atoms with Crippen molar-refractivity contribution in [1.82, 2.24) is 5.32 Å². The van der Waals surface area contributed by atoms with Crippen molar-refractivity contribution in [1.29, 1.82) is 0 Å². The molecule has 62 valence electrons. The van der Waals surface area contributed by atoms with E-state index in [1.807, 2.05) is 0 Å². The van der Waals surface area contributed by atoms with Crippen LogP contribution >= 0.6 is 0 Å². The summed E-state index contributed by atoms with van der Waals surface area (Å²) >= 11 is 0. The van der Waals surface area contributed by atoms with Crippen LogP contribution in [0.2, 0.25) is 0 Å². The number of nitrogens with one attached hydrogen (secondary N) is 1. The number of carbonyl (C=O) groups excluding carboxylic acids is 2. The molecule has 0 aliphatic carbocycles. The highest BCUT2D eigenvalue weighted by Crippen LogP contribution is 1.80. The lowest BCUT2D eigenvalue weighted by Gasteiger charge is -1.99. The minimum atomic E-state index is -0.339. The molecular weight excluding hydrogens is 146 g/mol. The molecule has 0 radical (unpaired) electrons. The largest absolute Gasteiger partial charge is 0.469 e. The van der Waals surface area contributed by atoms with Crippen molar-refractivity contribution in [3.63, 3.8) is 0 Å². The molecule has 0 rings (SSSR count). The first-order chi connectivity index (χ1) is 5.20. The number of methoxy groups -OCH3 is 1. The van der Waals surface area contributed by atoms with Crippen LogP contribution in [0.5, 0.6) is 0 Å². The van der Waals surface area contributed by atoms with Crippen LogP contribution in [0.3, 0.4) is 0 Å². The Morgan fingerprint density at radius 1 is 1.64 bits per heavy atom. The summed E-state index contributed by atoms with van der Waals surface area (Å²) in [4.78, 5) is 21.0. The Morgan fingerprint density at radius 2 is 2.27 bits per heavy atom. The van der Waals surface area contributed by atoms with Crippen LogP contribution in [-0.4, -0.2) is 25.5 Å². The maximum Gasteiger partial charge on any atom is 0.307 e. The highest BCUT2D eigenvalue weighted by atomic mass is 16.5. The molecule has 0 fully saturated rings. The molecule has 4 nitrogen and oxygen atoms in total. The molecule has 0 unspecified atom stereocenters. The Hall–Kier alpha value is -1.32. The standard InChI is InChI=1S/C7H11NO3/c1-3-6(9)8-5-4-7(10)11-2/h3H,1,4-5H2,2H3,(H,8,9). The SMILES string of the molecule is C=CC(=O)NCCC(=O)OC. The molecule has 1 N–H and O–H groups in total. The van der Waals surface area contributed by atoms with E-state index in [0.717, 1.165) is 6.08 Å². The summed E-state index contributed by atoms with van der Waals surface area (Å²) < 4.78 is 4.35. The highest BCUT2D eigenvalue weighted by Gasteiger charge is 1.99. The molecule has 11 heavy (non-hydrogen) atoms. The second-order valence-electron chi connectivity index (χ2n) is 1.82. The quantitative estimate of drug-likeness (QED) is 0.456. The maximum atomic E-state index is 10.5. The molecule has 4 heteroatoms. The van der Waals surface area contributed by atoms with Gasteiger partial charge in [-0.1, -0.05) is 6.58 Å². The van der Waals surface area contributed by atoms with Gasteiger partial charge >= 0.3 is 5.97 Å². The van der Waals surface area contributed by atoms with E-state index in [0.29, 0.717) is 0 Å². The molecule has 0 saturated heterocycles. The van der Waals surface area contributed by atoms with Gasteiger partial charge in [-0.2, -0.15) is 0 Å². The minimum absolute atomic E-state index is 0.191. The predicted octanol–water partition coefficient (Wildman–Crippen LogP) is -0.148. The molecule has 0 aromatic rings. The van der Waals surface area contributed by atoms with Crippen molar-refractivity contribution in [2.45, 2.75) is 6.42 Å². The molecule has 0 spiro atoms. The lowest BCUT2D eigenvalue weighted by atomic mass is 10.4. The number of hydrogen-bond acceptors (Lipinski definition) is 3. The van der Waals surface area contributed by atoms with Crippen LogP contribution < -0.4 is 5.32 Å². The van der Waals surface area contributed by atoms with E-state index in [9.17, 15) is 9.59 Å². The minimum Gasteiger partial charge on any atom is -0.469 e. The van der Waals surface area contributed by atoms with Gasteiger partial charge < -0.3 is 10.1 Å². The zero-order valence-corrected chi connectivity index (χ0v) is 6.42. The molecule has 0 aliphatic rings. The summed E-state index contributed by atoms with van der Waals surface area (Å²) in [5, 5.41) is 2.44. The second kappa shape index (κ2) is 5.46. The van der Waals surface area contributed by atoms with Gasteiger partial charge in [0.05, 0.1) is 13.5 Å². The normalized spacial score (nSPS) is 8.45. The van der Waals surface area contributed by atoms with E-state index in [-0.39, 0.29) is 24.8 Å². The van der Waals surface area contributed by atoms with E-state index in [1.54, 1.807) is 0 Å². The van der Waals surface area contributed by atoms with Crippen LogP contribution in [0.4, 0.5) is 0 Å². The van der Waals surface area contributed by atoms with Crippen LogP contribution in [0, 0.1) is 0 Å². The van der Waals surface area contributed by atoms with E-state index < -0.39 is 0 Å². The van der Waals surface area contributed by atoms with Gasteiger partial charge in [0.2, 0.25) is 5.91 Å². The summed E-state index contributed by atoms with van der Waals surface area (Å²) in [6.07, 6.45) is 1.34. The summed E-state index contributed by atoms with van der Waals surface area (Å²) in [5.41, 5.74) is 0. The van der Waals surface area contributed by atoms with E-state index >= 15 is 0 Å². The molecule has 0 saturated carbocycles. The fourth-order valence-corrected chi connectivity index (χ4v) is 0.462. The number of amides is 1. The van der Waals surface area contributed by atoms with Crippen LogP contribution in [0.15, 0.2) is 12.7 Å². The number of carbonyl (C=O) groups is 2. The van der Waals surface area contributed by atoms with Crippen molar-refractivity contribution in [3.8, 4) is 0 Å². The lowest BCUT2D eigenvalue weighted by Crippen LogP contribution is -2.24. The van der Waals surface area contributed by atoms with Gasteiger partial charge in [0.25, 0.3) is 0 Å². The Bertz CT molecular complexity index is 165. The zero-order chi connectivity index (χ0) is 8.69. The summed E-state index contributed by atoms with van der Waals surface area (Å²) in [5.74, 6) is -0.622. The predicted molar refractivity (Wildman–Crippen MR) is 39.8 cm³/mol. The third-order valence-electron chi connectivity index (χ3n) is 1.04. The average Bonchev–Trinajstić information content (AvgIpc) is 2.04. The molecule has 1 amide bonds. The number of esters is 1. The van der Waals surface area contributed by atoms with E-state index in [4.69, 9.17) is 0 Å². The second-order valence-corrected chi connectivity index (χ2v) is 1.82. The van der Waals surface area contributed by atoms with Gasteiger partial charge in [-0.25, -0.2) is 0 Å². The van der Waals surface area contributed by atoms with Crippen molar-refractivity contribution >= 4 is 11.9 Å². The van der Waals surface area contributed by atoms with Crippen LogP contribution in [0.1, 0.15) is 6.42 Å². The fourth-order valence-electron chi connectivity index (χ4n) is 0.462. The van der Waals surface area contributed by atoms with Crippen molar-refractivity contribution < 1.29 is 14.3 Å². The molecule has 0 aromatic heterocycles. The number of hydrogen-bond donors (Lipinski definition) is 1. The smallest absolute Gasteiger partial charge is 0.307 e. The summed E-state index contributed by atoms with van der Waals surface area (Å²) in [6, 6.07) is 0. The van der Waals surface area contributed by atoms with Gasteiger partial charge in [0.1, 0.15) is 0 Å². The molecule has 0 heterocycles. The van der Waals surface area contributed by atoms with Gasteiger partial charge in [-0.3, -0.25) is 9.59 Å². The average molecular weight is 157 g/mol. The van der Waals surface area contributed by atoms with Gasteiger partial charge in [-0.05, 0) is 6.08 Å². The first kappa shape index (κ1) is 9.68. The Morgan fingerprint density at radius 3 is 2.73 bits per heavy atom. The number of ether oxygens (including phenoxy) is 1. The Kier molecular flexibility index (Phi) is 4.81. The maximum absolute atomic E-state index is 10.5. The van der Waals surface area contributed by atoms with Crippen molar-refractivity contribution in [2.24, 2.45) is 0 Å². The van der Waals surface area contributed by atoms with Crippen molar-refractivity contribution in [3.05, 3.63) is 12.7 Å². The zero-order valence-electron chi connectivity index (χ0n) is 6.42. The number of rotatable bonds is 4. The molecule has 0 aromatic carbocycles. The van der Waals surface area contributed by atoms with Gasteiger partial charge in [0, 0.05) is 6.54 Å². The fraction of sp³-hybridized carbons (Fsp3) is 0.429. The Balaban J connectivity index is 3.34. The van der Waals surface area contributed by atoms with Gasteiger partial charge in [0.15, 0.2) is 0 Å². The Labute approximate surface area is 65.2 Å². The monoisotopic (exact) mass is 157 g/mol. The topological polar surface area (TPSA) is 55.4 Å². The third-order valence-corrected chi connectivity index (χ3v) is 1.04. The first-order valence-corrected chi connectivity index (χ1v) is 3.17. The van der Waals surface area contributed by atoms with Crippen molar-refractivity contribution in [2.75, 3.05) is 13.7 Å². The molecule has 0 bridgehead atoms. The van der Waals surface area contributed by atoms with E-state index in [1.165, 1.54) is 7.11 Å². The van der Waals surface area contributed by atoms with Crippen LogP contribution in [0.25, 0.3) is 0 Å². The van der Waals surface area contributed by atoms with Gasteiger partial charge in [-0.15, -0.1) is 0 Å². The molecule has 0 aliphatic heterocycles.